The van der Waals surface area contributed by atoms with Gasteiger partial charge in [0, 0.05) is 43.4 Å². The van der Waals surface area contributed by atoms with Crippen LogP contribution in [0.2, 0.25) is 0 Å². The van der Waals surface area contributed by atoms with Gasteiger partial charge in [0.1, 0.15) is 0 Å². The van der Waals surface area contributed by atoms with Crippen molar-refractivity contribution in [1.82, 2.24) is 9.47 Å². The van der Waals surface area contributed by atoms with Crippen LogP contribution in [0, 0.1) is 12.8 Å². The number of carbonyl (C=O) groups is 1. The summed E-state index contributed by atoms with van der Waals surface area (Å²) in [5, 5.41) is 0. The van der Waals surface area contributed by atoms with Crippen molar-refractivity contribution in [2.45, 2.75) is 123 Å². The van der Waals surface area contributed by atoms with E-state index in [2.05, 4.69) is 75.4 Å². The van der Waals surface area contributed by atoms with Crippen molar-refractivity contribution < 1.29 is 9.53 Å². The van der Waals surface area contributed by atoms with E-state index in [0.717, 1.165) is 44.6 Å². The van der Waals surface area contributed by atoms with Gasteiger partial charge in [-0.3, -0.25) is 4.79 Å². The Morgan fingerprint density at radius 2 is 1.74 bits per heavy atom. The van der Waals surface area contributed by atoms with E-state index in [1.165, 1.54) is 73.0 Å². The van der Waals surface area contributed by atoms with Gasteiger partial charge >= 0.3 is 0 Å². The van der Waals surface area contributed by atoms with E-state index < -0.39 is 0 Å². The molecule has 4 nitrogen and oxygen atoms in total. The highest BCUT2D eigenvalue weighted by molar-refractivity contribution is 5.96. The van der Waals surface area contributed by atoms with Gasteiger partial charge in [0.15, 0.2) is 0 Å². The molecule has 2 saturated carbocycles. The number of carbonyl (C=O) groups excluding carboxylic acids is 1. The summed E-state index contributed by atoms with van der Waals surface area (Å²) in [5.74, 6) is 0.907. The standard InChI is InChI=1S/C34H50N2O2/c1-7-35(28-13-17-38-18-14-28)32(37)30-23-36(31(24(30)2)19-25-11-9-8-10-12-25)29-21-26(33(3,4)5)20-27(22-29)34(6)15-16-34/h20-23,25,28H,7-19H2,1-6H3. The second-order valence-electron chi connectivity index (χ2n) is 13.7. The number of hydrogen-bond acceptors (Lipinski definition) is 2. The van der Waals surface area contributed by atoms with Crippen LogP contribution in [0.25, 0.3) is 5.69 Å². The lowest BCUT2D eigenvalue weighted by molar-refractivity contribution is 0.0305. The van der Waals surface area contributed by atoms with Gasteiger partial charge in [-0.2, -0.15) is 0 Å². The van der Waals surface area contributed by atoms with Crippen LogP contribution in [0.4, 0.5) is 0 Å². The van der Waals surface area contributed by atoms with E-state index >= 15 is 0 Å². The SMILES string of the molecule is CCN(C(=O)c1cn(-c2cc(C(C)(C)C)cc(C3(C)CC3)c2)c(CC2CCCCC2)c1C)C1CCOCC1. The summed E-state index contributed by atoms with van der Waals surface area (Å²) in [4.78, 5) is 16.2. The van der Waals surface area contributed by atoms with Crippen LogP contribution in [0.1, 0.15) is 125 Å². The van der Waals surface area contributed by atoms with E-state index in [0.29, 0.717) is 11.3 Å². The monoisotopic (exact) mass is 518 g/mol. The van der Waals surface area contributed by atoms with Gasteiger partial charge < -0.3 is 14.2 Å². The lowest BCUT2D eigenvalue weighted by atomic mass is 9.83. The molecule has 2 heterocycles. The average molecular weight is 519 g/mol. The van der Waals surface area contributed by atoms with Gasteiger partial charge in [0.05, 0.1) is 5.56 Å². The average Bonchev–Trinajstić information content (AvgIpc) is 3.59. The molecule has 0 N–H and O–H groups in total. The Morgan fingerprint density at radius 1 is 1.05 bits per heavy atom. The van der Waals surface area contributed by atoms with Crippen LogP contribution in [0.15, 0.2) is 24.4 Å². The number of ether oxygens (including phenoxy) is 1. The molecule has 4 heteroatoms. The van der Waals surface area contributed by atoms with Crippen molar-refractivity contribution >= 4 is 5.91 Å². The van der Waals surface area contributed by atoms with Gasteiger partial charge in [-0.15, -0.1) is 0 Å². The van der Waals surface area contributed by atoms with E-state index in [-0.39, 0.29) is 17.4 Å². The van der Waals surface area contributed by atoms with Crippen molar-refractivity contribution in [1.29, 1.82) is 0 Å². The molecule has 1 aliphatic heterocycles. The topological polar surface area (TPSA) is 34.5 Å². The Morgan fingerprint density at radius 3 is 2.34 bits per heavy atom. The van der Waals surface area contributed by atoms with Gasteiger partial charge in [-0.1, -0.05) is 65.9 Å². The van der Waals surface area contributed by atoms with Crippen LogP contribution in [-0.4, -0.2) is 41.2 Å². The highest BCUT2D eigenvalue weighted by Crippen LogP contribution is 2.49. The van der Waals surface area contributed by atoms with Gasteiger partial charge in [0.25, 0.3) is 5.91 Å². The van der Waals surface area contributed by atoms with Crippen LogP contribution < -0.4 is 0 Å². The largest absolute Gasteiger partial charge is 0.381 e. The van der Waals surface area contributed by atoms with Gasteiger partial charge in [0.2, 0.25) is 0 Å². The molecule has 0 spiro atoms. The fourth-order valence-electron chi connectivity index (χ4n) is 6.73. The van der Waals surface area contributed by atoms with E-state index in [4.69, 9.17) is 4.74 Å². The normalized spacial score (nSPS) is 20.5. The van der Waals surface area contributed by atoms with Crippen molar-refractivity contribution in [3.63, 3.8) is 0 Å². The van der Waals surface area contributed by atoms with Gasteiger partial charge in [-0.25, -0.2) is 0 Å². The fourth-order valence-corrected chi connectivity index (χ4v) is 6.73. The molecule has 38 heavy (non-hydrogen) atoms. The predicted octanol–water partition coefficient (Wildman–Crippen LogP) is 7.90. The number of benzene rings is 1. The molecular weight excluding hydrogens is 468 g/mol. The van der Waals surface area contributed by atoms with E-state index in [1.807, 2.05) is 0 Å². The smallest absolute Gasteiger partial charge is 0.255 e. The highest BCUT2D eigenvalue weighted by atomic mass is 16.5. The number of amides is 1. The quantitative estimate of drug-likeness (QED) is 0.373. The summed E-state index contributed by atoms with van der Waals surface area (Å²) in [6.07, 6.45) is 14.3. The minimum absolute atomic E-state index is 0.0719. The first kappa shape index (κ1) is 27.5. The number of nitrogens with zero attached hydrogens (tertiary/aromatic N) is 2. The third-order valence-corrected chi connectivity index (χ3v) is 9.82. The maximum Gasteiger partial charge on any atom is 0.255 e. The molecule has 1 aromatic carbocycles. The molecule has 1 aromatic heterocycles. The zero-order chi connectivity index (χ0) is 27.1. The maximum atomic E-state index is 14.1. The van der Waals surface area contributed by atoms with Crippen LogP contribution >= 0.6 is 0 Å². The Hall–Kier alpha value is -2.07. The zero-order valence-corrected chi connectivity index (χ0v) is 24.9. The maximum absolute atomic E-state index is 14.1. The Bertz CT molecular complexity index is 1110. The summed E-state index contributed by atoms with van der Waals surface area (Å²) in [7, 11) is 0. The second kappa shape index (κ2) is 10.8. The molecule has 5 rings (SSSR count). The first-order chi connectivity index (χ1) is 18.1. The molecule has 0 atom stereocenters. The molecular formula is C34H50N2O2. The molecule has 3 fully saturated rings. The molecule has 3 aliphatic rings. The lowest BCUT2D eigenvalue weighted by Gasteiger charge is -2.33. The van der Waals surface area contributed by atoms with Crippen LogP contribution in [0.3, 0.4) is 0 Å². The Balaban J connectivity index is 1.60. The van der Waals surface area contributed by atoms with E-state index in [1.54, 1.807) is 0 Å². The highest BCUT2D eigenvalue weighted by Gasteiger charge is 2.40. The third-order valence-electron chi connectivity index (χ3n) is 9.82. The van der Waals surface area contributed by atoms with Gasteiger partial charge in [-0.05, 0) is 91.5 Å². The summed E-state index contributed by atoms with van der Waals surface area (Å²) < 4.78 is 8.03. The van der Waals surface area contributed by atoms with Crippen LogP contribution in [0.5, 0.6) is 0 Å². The summed E-state index contributed by atoms with van der Waals surface area (Å²) in [6.45, 7) is 15.9. The molecule has 1 saturated heterocycles. The molecule has 2 aromatic rings. The van der Waals surface area contributed by atoms with Crippen molar-refractivity contribution in [3.05, 3.63) is 52.3 Å². The van der Waals surface area contributed by atoms with Crippen molar-refractivity contribution in [3.8, 4) is 5.69 Å². The first-order valence-electron chi connectivity index (χ1n) is 15.4. The molecule has 1 amide bonds. The van der Waals surface area contributed by atoms with Crippen molar-refractivity contribution in [2.75, 3.05) is 19.8 Å². The zero-order valence-electron chi connectivity index (χ0n) is 24.9. The predicted molar refractivity (Wildman–Crippen MR) is 157 cm³/mol. The first-order valence-corrected chi connectivity index (χ1v) is 15.4. The molecule has 0 radical (unpaired) electrons. The Kier molecular flexibility index (Phi) is 7.84. The fraction of sp³-hybridized carbons (Fsp3) is 0.676. The van der Waals surface area contributed by atoms with E-state index in [9.17, 15) is 4.79 Å². The molecule has 0 unspecified atom stereocenters. The number of rotatable bonds is 7. The minimum atomic E-state index is 0.0719. The summed E-state index contributed by atoms with van der Waals surface area (Å²) in [5.41, 5.74) is 7.88. The summed E-state index contributed by atoms with van der Waals surface area (Å²) in [6, 6.07) is 7.54. The van der Waals surface area contributed by atoms with Crippen LogP contribution in [-0.2, 0) is 22.0 Å². The third kappa shape index (κ3) is 5.62. The molecule has 0 bridgehead atoms. The lowest BCUT2D eigenvalue weighted by Crippen LogP contribution is -2.43. The minimum Gasteiger partial charge on any atom is -0.381 e. The summed E-state index contributed by atoms with van der Waals surface area (Å²) >= 11 is 0. The Labute approximate surface area is 231 Å². The number of hydrogen-bond donors (Lipinski definition) is 0. The molecule has 208 valence electrons. The molecule has 2 aliphatic carbocycles. The van der Waals surface area contributed by atoms with Crippen molar-refractivity contribution in [2.24, 2.45) is 5.92 Å². The second-order valence-corrected chi connectivity index (χ2v) is 13.7. The number of aromatic nitrogens is 1.